The predicted octanol–water partition coefficient (Wildman–Crippen LogP) is 8.25. The third-order valence-corrected chi connectivity index (χ3v) is 14.2. The summed E-state index contributed by atoms with van der Waals surface area (Å²) in [7, 11) is -2.90. The second-order valence-corrected chi connectivity index (χ2v) is 15.7. The number of rotatable bonds is 6. The van der Waals surface area contributed by atoms with Crippen LogP contribution >= 0.6 is 0 Å². The SMILES string of the molecule is [C-]#[N+]c1ccc2c(c1)c1ccccc1n2-c1ccc(-c2cccc([Si](c3ccccc3)(c3ccccc3)c3ccccc3)c2C#N)cc1. The smallest absolute Gasteiger partial charge is 0.188 e. The summed E-state index contributed by atoms with van der Waals surface area (Å²) in [6.07, 6.45) is 0. The molecule has 0 aliphatic heterocycles. The molecule has 0 radical (unpaired) electrons. The lowest BCUT2D eigenvalue weighted by atomic mass is 10.00. The molecule has 48 heavy (non-hydrogen) atoms. The molecule has 0 bridgehead atoms. The van der Waals surface area contributed by atoms with Crippen molar-refractivity contribution in [3.05, 3.63) is 193 Å². The highest BCUT2D eigenvalue weighted by molar-refractivity contribution is 7.20. The normalized spacial score (nSPS) is 11.3. The Bertz CT molecular complexity index is 2410. The van der Waals surface area contributed by atoms with Crippen LogP contribution in [0.3, 0.4) is 0 Å². The summed E-state index contributed by atoms with van der Waals surface area (Å²) in [5.41, 5.74) is 6.42. The zero-order valence-corrected chi connectivity index (χ0v) is 27.1. The van der Waals surface area contributed by atoms with Crippen LogP contribution in [-0.2, 0) is 0 Å². The van der Waals surface area contributed by atoms with Gasteiger partial charge in [0, 0.05) is 11.1 Å². The Labute approximate surface area is 281 Å². The van der Waals surface area contributed by atoms with Crippen LogP contribution < -0.4 is 20.7 Å². The molecular weight excluding hydrogens is 599 g/mol. The second-order valence-electron chi connectivity index (χ2n) is 11.9. The average molecular weight is 628 g/mol. The van der Waals surface area contributed by atoms with Crippen molar-refractivity contribution < 1.29 is 0 Å². The van der Waals surface area contributed by atoms with E-state index in [1.807, 2.05) is 24.3 Å². The molecule has 1 heterocycles. The van der Waals surface area contributed by atoms with E-state index in [0.717, 1.165) is 43.8 Å². The minimum Gasteiger partial charge on any atom is -0.309 e. The van der Waals surface area contributed by atoms with Crippen molar-refractivity contribution in [3.8, 4) is 22.9 Å². The first kappa shape index (κ1) is 29.0. The van der Waals surface area contributed by atoms with Gasteiger partial charge in [-0.1, -0.05) is 146 Å². The van der Waals surface area contributed by atoms with Gasteiger partial charge in [0.2, 0.25) is 0 Å². The van der Waals surface area contributed by atoms with E-state index in [4.69, 9.17) is 6.57 Å². The third kappa shape index (κ3) is 4.55. The summed E-state index contributed by atoms with van der Waals surface area (Å²) in [6.45, 7) is 7.53. The van der Waals surface area contributed by atoms with E-state index in [-0.39, 0.29) is 0 Å². The van der Waals surface area contributed by atoms with E-state index in [9.17, 15) is 5.26 Å². The quantitative estimate of drug-likeness (QED) is 0.104. The van der Waals surface area contributed by atoms with Gasteiger partial charge in [0.15, 0.2) is 13.8 Å². The van der Waals surface area contributed by atoms with Gasteiger partial charge in [-0.3, -0.25) is 0 Å². The Hall–Kier alpha value is -6.46. The molecule has 0 spiro atoms. The van der Waals surface area contributed by atoms with Crippen molar-refractivity contribution in [2.75, 3.05) is 0 Å². The second kappa shape index (κ2) is 12.0. The molecule has 0 saturated heterocycles. The number of fused-ring (bicyclic) bond motifs is 3. The Morgan fingerprint density at radius 2 is 1.10 bits per heavy atom. The molecule has 0 atom stereocenters. The molecule has 1 aromatic heterocycles. The first-order valence-corrected chi connectivity index (χ1v) is 18.0. The van der Waals surface area contributed by atoms with E-state index in [1.54, 1.807) is 0 Å². The maximum Gasteiger partial charge on any atom is 0.188 e. The highest BCUT2D eigenvalue weighted by Gasteiger charge is 2.43. The van der Waals surface area contributed by atoms with E-state index >= 15 is 0 Å². The minimum atomic E-state index is -2.90. The predicted molar refractivity (Wildman–Crippen MR) is 201 cm³/mol. The molecule has 0 N–H and O–H groups in total. The summed E-state index contributed by atoms with van der Waals surface area (Å²) < 4.78 is 2.25. The molecule has 0 aliphatic carbocycles. The van der Waals surface area contributed by atoms with Crippen LogP contribution in [0.4, 0.5) is 5.69 Å². The first-order valence-electron chi connectivity index (χ1n) is 16.0. The lowest BCUT2D eigenvalue weighted by molar-refractivity contribution is 1.18. The molecule has 0 fully saturated rings. The van der Waals surface area contributed by atoms with Crippen LogP contribution in [0.25, 0.3) is 43.5 Å². The molecule has 0 amide bonds. The summed E-state index contributed by atoms with van der Waals surface area (Å²) >= 11 is 0. The fourth-order valence-electron chi connectivity index (χ4n) is 7.36. The molecule has 8 rings (SSSR count). The topological polar surface area (TPSA) is 33.1 Å². The Kier molecular flexibility index (Phi) is 7.27. The molecule has 0 unspecified atom stereocenters. The molecule has 4 heteroatoms. The number of nitrogens with zero attached hydrogens (tertiary/aromatic N) is 3. The average Bonchev–Trinajstić information content (AvgIpc) is 3.50. The van der Waals surface area contributed by atoms with Gasteiger partial charge in [0.25, 0.3) is 0 Å². The van der Waals surface area contributed by atoms with Crippen LogP contribution in [0, 0.1) is 17.9 Å². The maximum atomic E-state index is 11.0. The van der Waals surface area contributed by atoms with Gasteiger partial charge >= 0.3 is 0 Å². The van der Waals surface area contributed by atoms with Crippen molar-refractivity contribution >= 4 is 56.3 Å². The number of nitriles is 1. The molecule has 3 nitrogen and oxygen atoms in total. The Morgan fingerprint density at radius 3 is 1.69 bits per heavy atom. The highest BCUT2D eigenvalue weighted by Crippen LogP contribution is 2.35. The van der Waals surface area contributed by atoms with Crippen molar-refractivity contribution in [1.29, 1.82) is 5.26 Å². The summed E-state index contributed by atoms with van der Waals surface area (Å²) in [5, 5.41) is 18.0. The summed E-state index contributed by atoms with van der Waals surface area (Å²) in [5.74, 6) is 0. The molecule has 8 aromatic rings. The van der Waals surface area contributed by atoms with E-state index in [0.29, 0.717) is 11.3 Å². The van der Waals surface area contributed by atoms with Gasteiger partial charge < -0.3 is 4.57 Å². The van der Waals surface area contributed by atoms with Crippen LogP contribution in [0.15, 0.2) is 176 Å². The fourth-order valence-corrected chi connectivity index (χ4v) is 12.3. The fraction of sp³-hybridized carbons (Fsp3) is 0. The molecule has 0 aliphatic rings. The Morgan fingerprint density at radius 1 is 0.542 bits per heavy atom. The number of benzene rings is 7. The monoisotopic (exact) mass is 627 g/mol. The van der Waals surface area contributed by atoms with Gasteiger partial charge in [-0.15, -0.1) is 0 Å². The number of aromatic nitrogens is 1. The largest absolute Gasteiger partial charge is 0.309 e. The van der Waals surface area contributed by atoms with Gasteiger partial charge in [-0.2, -0.15) is 5.26 Å². The lowest BCUT2D eigenvalue weighted by Crippen LogP contribution is -2.75. The van der Waals surface area contributed by atoms with Crippen LogP contribution in [0.5, 0.6) is 0 Å². The van der Waals surface area contributed by atoms with Crippen LogP contribution in [0.1, 0.15) is 5.56 Å². The molecule has 7 aromatic carbocycles. The lowest BCUT2D eigenvalue weighted by Gasteiger charge is -2.35. The van der Waals surface area contributed by atoms with Crippen molar-refractivity contribution in [1.82, 2.24) is 4.57 Å². The first-order chi connectivity index (χ1) is 23.7. The number of para-hydroxylation sites is 1. The van der Waals surface area contributed by atoms with E-state index in [1.165, 1.54) is 15.6 Å². The van der Waals surface area contributed by atoms with Gasteiger partial charge in [0.05, 0.1) is 29.2 Å². The van der Waals surface area contributed by atoms with E-state index < -0.39 is 8.07 Å². The Balaban J connectivity index is 1.34. The molecule has 0 saturated carbocycles. The van der Waals surface area contributed by atoms with Crippen LogP contribution in [0.2, 0.25) is 0 Å². The summed E-state index contributed by atoms with van der Waals surface area (Å²) in [4.78, 5) is 3.67. The van der Waals surface area contributed by atoms with Crippen molar-refractivity contribution in [3.63, 3.8) is 0 Å². The van der Waals surface area contributed by atoms with Crippen molar-refractivity contribution in [2.24, 2.45) is 0 Å². The summed E-state index contributed by atoms with van der Waals surface area (Å²) in [6, 6.07) is 63.9. The van der Waals surface area contributed by atoms with Gasteiger partial charge in [-0.05, 0) is 67.6 Å². The van der Waals surface area contributed by atoms with Gasteiger partial charge in [-0.25, -0.2) is 4.85 Å². The van der Waals surface area contributed by atoms with Crippen LogP contribution in [-0.4, -0.2) is 12.6 Å². The standard InChI is InChI=1S/C44H29N3Si/c1-46-33-26-29-43-40(30-33)39-20-11-12-22-42(39)47(43)34-27-24-32(25-28-34)38-21-13-23-44(41(38)31-45)48(35-14-5-2-6-15-35,36-16-7-3-8-17-36)37-18-9-4-10-19-37/h2-30H. The maximum absolute atomic E-state index is 11.0. The van der Waals surface area contributed by atoms with E-state index in [2.05, 4.69) is 167 Å². The zero-order chi connectivity index (χ0) is 32.5. The number of hydrogen-bond donors (Lipinski definition) is 0. The van der Waals surface area contributed by atoms with Crippen molar-refractivity contribution in [2.45, 2.75) is 0 Å². The zero-order valence-electron chi connectivity index (χ0n) is 26.1. The highest BCUT2D eigenvalue weighted by atomic mass is 28.3. The van der Waals surface area contributed by atoms with Gasteiger partial charge in [0.1, 0.15) is 0 Å². The molecular formula is C44H29N3Si. The minimum absolute atomic E-state index is 0.630. The third-order valence-electron chi connectivity index (χ3n) is 9.42. The molecule has 224 valence electrons. The number of hydrogen-bond acceptors (Lipinski definition) is 1.